The molecule has 5 N–H and O–H groups in total. The Morgan fingerprint density at radius 3 is 2.17 bits per heavy atom. The molecule has 16 nitrogen and oxygen atoms in total. The third-order valence-electron chi connectivity index (χ3n) is 14.8. The van der Waals surface area contributed by atoms with Crippen LogP contribution in [0.25, 0.3) is 11.3 Å². The predicted molar refractivity (Wildman–Crippen MR) is 245 cm³/mol. The molecule has 6 heterocycles. The second-order valence-electron chi connectivity index (χ2n) is 18.9. The van der Waals surface area contributed by atoms with Gasteiger partial charge in [0.2, 0.25) is 11.8 Å². The van der Waals surface area contributed by atoms with Crippen LogP contribution >= 0.6 is 0 Å². The van der Waals surface area contributed by atoms with Crippen molar-refractivity contribution in [2.24, 2.45) is 17.6 Å². The molecule has 4 aromatic rings. The number of nitrogens with zero attached hydrogens (tertiary/aromatic N) is 5. The number of para-hydroxylation sites is 1. The molecular weight excluding hydrogens is 839 g/mol. The standard InChI is InChI=1S/C50H57N9O7/c51-45(61)43-44(32-8-13-37(14-9-32)66-36-4-2-1-3-5-36)55-59-40(18-23-52-46(43)59)31-6-11-34(12-7-31)53-35-21-24-56(25-22-35)29-30-19-26-57(27-20-30)48(63)33-10-15-38-39(28-33)50(65)58(49(38)64)41-16-17-42(60)54-47(41)62/h1-5,8-10,13-15,28,30-31,34-35,40-41,52-53H,6-7,11-12,16-27,29H2,(H2,51,61)(H,54,60,62)/t31?,34?,40-,41?/m0/s1. The van der Waals surface area contributed by atoms with Gasteiger partial charge in [-0.05, 0) is 144 Å². The summed E-state index contributed by atoms with van der Waals surface area (Å²) in [6, 6.07) is 22.0. The maximum atomic E-state index is 13.6. The zero-order chi connectivity index (χ0) is 45.5. The number of piperidine rings is 3. The summed E-state index contributed by atoms with van der Waals surface area (Å²) in [7, 11) is 0. The molecule has 6 amide bonds. The van der Waals surface area contributed by atoms with Crippen LogP contribution in [0.1, 0.15) is 118 Å². The summed E-state index contributed by atoms with van der Waals surface area (Å²) < 4.78 is 8.04. The van der Waals surface area contributed by atoms with Crippen LogP contribution in [-0.4, -0.2) is 117 Å². The number of rotatable bonds is 11. The van der Waals surface area contributed by atoms with Crippen LogP contribution in [0.5, 0.6) is 11.5 Å². The normalized spacial score (nSPS) is 24.1. The molecule has 6 aliphatic rings. The summed E-state index contributed by atoms with van der Waals surface area (Å²) in [5.74, 6) is 0.197. The largest absolute Gasteiger partial charge is 0.457 e. The second-order valence-corrected chi connectivity index (χ2v) is 18.9. The number of carbonyl (C=O) groups is 6. The maximum Gasteiger partial charge on any atom is 0.262 e. The van der Waals surface area contributed by atoms with Gasteiger partial charge in [0.25, 0.3) is 23.6 Å². The van der Waals surface area contributed by atoms with Gasteiger partial charge in [-0.2, -0.15) is 5.10 Å². The summed E-state index contributed by atoms with van der Waals surface area (Å²) >= 11 is 0. The molecule has 66 heavy (non-hydrogen) atoms. The summed E-state index contributed by atoms with van der Waals surface area (Å²) in [4.78, 5) is 82.4. The lowest BCUT2D eigenvalue weighted by atomic mass is 9.79. The number of carbonyl (C=O) groups excluding carboxylic acids is 6. The van der Waals surface area contributed by atoms with E-state index in [1.807, 2.05) is 64.2 Å². The van der Waals surface area contributed by atoms with Crippen LogP contribution in [0.2, 0.25) is 0 Å². The third kappa shape index (κ3) is 8.71. The van der Waals surface area contributed by atoms with Crippen molar-refractivity contribution >= 4 is 41.3 Å². The first kappa shape index (κ1) is 43.5. The molecule has 10 rings (SSSR count). The first-order chi connectivity index (χ1) is 32.1. The number of likely N-dealkylation sites (tertiary alicyclic amines) is 2. The van der Waals surface area contributed by atoms with Gasteiger partial charge in [-0.15, -0.1) is 0 Å². The monoisotopic (exact) mass is 895 g/mol. The van der Waals surface area contributed by atoms with Gasteiger partial charge in [-0.25, -0.2) is 4.68 Å². The van der Waals surface area contributed by atoms with E-state index in [1.165, 1.54) is 12.1 Å². The van der Waals surface area contributed by atoms with Crippen molar-refractivity contribution < 1.29 is 33.5 Å². The first-order valence-corrected chi connectivity index (χ1v) is 23.7. The van der Waals surface area contributed by atoms with Crippen LogP contribution in [0.4, 0.5) is 5.82 Å². The zero-order valence-electron chi connectivity index (χ0n) is 37.1. The van der Waals surface area contributed by atoms with Gasteiger partial charge in [-0.1, -0.05) is 18.2 Å². The Bertz CT molecular complexity index is 2520. The minimum atomic E-state index is -1.05. The van der Waals surface area contributed by atoms with Crippen molar-refractivity contribution in [1.82, 2.24) is 35.1 Å². The first-order valence-electron chi connectivity index (χ1n) is 23.7. The molecule has 3 saturated heterocycles. The van der Waals surface area contributed by atoms with Crippen LogP contribution in [0, 0.1) is 11.8 Å². The quantitative estimate of drug-likeness (QED) is 0.141. The molecule has 1 saturated carbocycles. The molecule has 0 spiro atoms. The summed E-state index contributed by atoms with van der Waals surface area (Å²) in [5, 5.41) is 14.7. The Balaban J connectivity index is 0.671. The highest BCUT2D eigenvalue weighted by Gasteiger charge is 2.45. The van der Waals surface area contributed by atoms with Gasteiger partial charge in [-0.3, -0.25) is 39.0 Å². The number of primary amides is 1. The third-order valence-corrected chi connectivity index (χ3v) is 14.8. The Hall–Kier alpha value is -6.39. The predicted octanol–water partition coefficient (Wildman–Crippen LogP) is 5.36. The van der Waals surface area contributed by atoms with Crippen LogP contribution in [0.3, 0.4) is 0 Å². The van der Waals surface area contributed by atoms with Crippen LogP contribution in [0.15, 0.2) is 72.8 Å². The number of imide groups is 2. The highest BCUT2D eigenvalue weighted by Crippen LogP contribution is 2.42. The Morgan fingerprint density at radius 1 is 0.758 bits per heavy atom. The van der Waals surface area contributed by atoms with Crippen LogP contribution < -0.4 is 26.4 Å². The van der Waals surface area contributed by atoms with Crippen molar-refractivity contribution in [2.75, 3.05) is 44.6 Å². The lowest BCUT2D eigenvalue weighted by Crippen LogP contribution is -2.54. The number of amides is 6. The molecular formula is C50H57N9O7. The van der Waals surface area contributed by atoms with E-state index in [-0.39, 0.29) is 35.9 Å². The van der Waals surface area contributed by atoms with E-state index >= 15 is 0 Å². The lowest BCUT2D eigenvalue weighted by molar-refractivity contribution is -0.136. The van der Waals surface area contributed by atoms with Crippen molar-refractivity contribution in [3.8, 4) is 22.8 Å². The number of fused-ring (bicyclic) bond motifs is 2. The van der Waals surface area contributed by atoms with E-state index in [1.54, 1.807) is 6.07 Å². The number of hydrogen-bond acceptors (Lipinski definition) is 11. The fraction of sp³-hybridized carbons (Fsp3) is 0.460. The number of benzene rings is 3. The van der Waals surface area contributed by atoms with Crippen LogP contribution in [-0.2, 0) is 9.59 Å². The smallest absolute Gasteiger partial charge is 0.262 e. The molecule has 3 aromatic carbocycles. The van der Waals surface area contributed by atoms with Crippen molar-refractivity contribution in [3.05, 3.63) is 95.1 Å². The van der Waals surface area contributed by atoms with Gasteiger partial charge in [0.1, 0.15) is 34.6 Å². The number of nitrogens with one attached hydrogen (secondary N) is 3. The molecule has 0 bridgehead atoms. The van der Waals surface area contributed by atoms with Gasteiger partial charge < -0.3 is 30.9 Å². The van der Waals surface area contributed by atoms with E-state index in [4.69, 9.17) is 15.6 Å². The second kappa shape index (κ2) is 18.5. The lowest BCUT2D eigenvalue weighted by Gasteiger charge is -2.40. The molecule has 4 fully saturated rings. The molecule has 344 valence electrons. The van der Waals surface area contributed by atoms with Gasteiger partial charge in [0.05, 0.1) is 17.2 Å². The summed E-state index contributed by atoms with van der Waals surface area (Å²) in [6.07, 6.45) is 9.53. The molecule has 1 unspecified atom stereocenters. The number of anilines is 1. The SMILES string of the molecule is NC(=O)c1c(-c2ccc(Oc3ccccc3)cc2)nn2c1NCC[C@H]2C1CCC(NC2CCN(CC3CCN(C(=O)c4ccc5c(c4)C(=O)N(C4CCC(=O)NC4=O)C5=O)CC3)CC2)CC1. The topological polar surface area (TPSA) is 201 Å². The highest BCUT2D eigenvalue weighted by molar-refractivity contribution is 6.24. The average Bonchev–Trinajstić information content (AvgIpc) is 3.85. The van der Waals surface area contributed by atoms with Gasteiger partial charge in [0.15, 0.2) is 0 Å². The summed E-state index contributed by atoms with van der Waals surface area (Å²) in [6.45, 7) is 5.14. The minimum absolute atomic E-state index is 0.0478. The fourth-order valence-electron chi connectivity index (χ4n) is 11.2. The van der Waals surface area contributed by atoms with E-state index in [0.29, 0.717) is 59.6 Å². The summed E-state index contributed by atoms with van der Waals surface area (Å²) in [5.41, 5.74) is 8.49. The maximum absolute atomic E-state index is 13.6. The number of nitrogens with two attached hydrogens (primary N) is 1. The van der Waals surface area contributed by atoms with Crippen molar-refractivity contribution in [3.63, 3.8) is 0 Å². The fourth-order valence-corrected chi connectivity index (χ4v) is 11.2. The van der Waals surface area contributed by atoms with Gasteiger partial charge >= 0.3 is 0 Å². The highest BCUT2D eigenvalue weighted by atomic mass is 16.5. The van der Waals surface area contributed by atoms with E-state index in [0.717, 1.165) is 106 Å². The zero-order valence-corrected chi connectivity index (χ0v) is 37.1. The minimum Gasteiger partial charge on any atom is -0.457 e. The Morgan fingerprint density at radius 2 is 1.45 bits per heavy atom. The van der Waals surface area contributed by atoms with E-state index in [9.17, 15) is 28.8 Å². The number of ether oxygens (including phenoxy) is 1. The molecule has 1 aliphatic carbocycles. The van der Waals surface area contributed by atoms with Crippen molar-refractivity contribution in [1.29, 1.82) is 0 Å². The van der Waals surface area contributed by atoms with E-state index < -0.39 is 35.6 Å². The number of aromatic nitrogens is 2. The van der Waals surface area contributed by atoms with Gasteiger partial charge in [0, 0.05) is 55.8 Å². The Labute approximate surface area is 383 Å². The molecule has 0 radical (unpaired) electrons. The molecule has 16 heteroatoms. The van der Waals surface area contributed by atoms with E-state index in [2.05, 4.69) is 20.9 Å². The Kier molecular flexibility index (Phi) is 12.2. The average molecular weight is 896 g/mol. The molecule has 2 atom stereocenters. The van der Waals surface area contributed by atoms with Crippen molar-refractivity contribution in [2.45, 2.75) is 94.8 Å². The molecule has 1 aromatic heterocycles. The number of hydrogen-bond donors (Lipinski definition) is 4. The molecule has 5 aliphatic heterocycles.